The van der Waals surface area contributed by atoms with Crippen LogP contribution in [-0.4, -0.2) is 62.8 Å². The van der Waals surface area contributed by atoms with Crippen molar-refractivity contribution in [1.82, 2.24) is 0 Å². The van der Waals surface area contributed by atoms with Gasteiger partial charge >= 0.3 is 11.9 Å². The monoisotopic (exact) mass is 320 g/mol. The molecule has 0 aliphatic carbocycles. The number of carbonyl (C=O) groups is 2. The molecule has 1 unspecified atom stereocenters. The topological polar surface area (TPSA) is 127 Å². The molecule has 0 fully saturated rings. The molecule has 15 heavy (non-hydrogen) atoms. The van der Waals surface area contributed by atoms with Crippen LogP contribution in [0, 0.1) is 0 Å². The summed E-state index contributed by atoms with van der Waals surface area (Å²) in [6.07, 6.45) is 0. The standard InChI is InChI=1S/C6H12N2O4S2.Se/c7-3(5(9)10)1-13-14-2-4(8)6(11)12;/h3-4H,1-2,7-8H2,(H,9,10)(H,11,12);/t3-,4?;/m0./s1. The molecule has 2 atom stereocenters. The number of aliphatic carboxylic acids is 2. The first-order chi connectivity index (χ1) is 6.45. The Bertz CT molecular complexity index is 197. The van der Waals surface area contributed by atoms with Crippen LogP contribution in [-0.2, 0) is 9.59 Å². The van der Waals surface area contributed by atoms with Gasteiger partial charge in [-0.25, -0.2) is 0 Å². The van der Waals surface area contributed by atoms with Crippen LogP contribution in [0.5, 0.6) is 0 Å². The minimum Gasteiger partial charge on any atom is -0.480 e. The van der Waals surface area contributed by atoms with E-state index >= 15 is 0 Å². The summed E-state index contributed by atoms with van der Waals surface area (Å²) in [6.45, 7) is 0. The van der Waals surface area contributed by atoms with Crippen LogP contribution < -0.4 is 11.5 Å². The summed E-state index contributed by atoms with van der Waals surface area (Å²) < 4.78 is 0. The summed E-state index contributed by atoms with van der Waals surface area (Å²) in [5, 5.41) is 16.8. The Labute approximate surface area is 105 Å². The van der Waals surface area contributed by atoms with Gasteiger partial charge in [0.15, 0.2) is 0 Å². The first-order valence-electron chi connectivity index (χ1n) is 3.66. The van der Waals surface area contributed by atoms with Crippen LogP contribution in [0.2, 0.25) is 0 Å². The van der Waals surface area contributed by atoms with Crippen LogP contribution in [0.1, 0.15) is 0 Å². The van der Waals surface area contributed by atoms with E-state index < -0.39 is 24.0 Å². The molecular formula is C6H12N2O4S2Se. The molecule has 88 valence electrons. The van der Waals surface area contributed by atoms with E-state index in [2.05, 4.69) is 0 Å². The molecule has 2 radical (unpaired) electrons. The fourth-order valence-electron chi connectivity index (χ4n) is 0.385. The number of rotatable bonds is 7. The molecule has 0 bridgehead atoms. The minimum atomic E-state index is -1.07. The van der Waals surface area contributed by atoms with Gasteiger partial charge in [0.25, 0.3) is 0 Å². The van der Waals surface area contributed by atoms with Crippen molar-refractivity contribution in [2.24, 2.45) is 11.5 Å². The fraction of sp³-hybridized carbons (Fsp3) is 0.667. The maximum Gasteiger partial charge on any atom is 0.321 e. The average Bonchev–Trinajstić information content (AvgIpc) is 2.11. The molecule has 0 rings (SSSR count). The molecule has 0 amide bonds. The number of hydrogen-bond acceptors (Lipinski definition) is 6. The first kappa shape index (κ1) is 17.5. The van der Waals surface area contributed by atoms with Crippen molar-refractivity contribution in [2.75, 3.05) is 11.5 Å². The summed E-state index contributed by atoms with van der Waals surface area (Å²) in [5.41, 5.74) is 10.4. The molecule has 0 saturated heterocycles. The van der Waals surface area contributed by atoms with E-state index in [9.17, 15) is 9.59 Å². The van der Waals surface area contributed by atoms with Crippen molar-refractivity contribution in [1.29, 1.82) is 0 Å². The molecular weight excluding hydrogens is 307 g/mol. The Kier molecular flexibility index (Phi) is 10.9. The Morgan fingerprint density at radius 2 is 1.27 bits per heavy atom. The maximum absolute atomic E-state index is 10.3. The van der Waals surface area contributed by atoms with Gasteiger partial charge in [-0.1, -0.05) is 21.6 Å². The molecule has 0 aliphatic heterocycles. The maximum atomic E-state index is 10.3. The van der Waals surface area contributed by atoms with Gasteiger partial charge in [-0.15, -0.1) is 0 Å². The van der Waals surface area contributed by atoms with E-state index in [1.807, 2.05) is 0 Å². The van der Waals surface area contributed by atoms with Gasteiger partial charge in [0, 0.05) is 28.6 Å². The van der Waals surface area contributed by atoms with Crippen LogP contribution in [0.4, 0.5) is 0 Å². The Hall–Kier alpha value is 0.0795. The summed E-state index contributed by atoms with van der Waals surface area (Å²) >= 11 is 0. The molecule has 0 saturated carbocycles. The van der Waals surface area contributed by atoms with Gasteiger partial charge in [-0.05, 0) is 0 Å². The number of nitrogens with two attached hydrogens (primary N) is 2. The molecule has 9 heteroatoms. The third kappa shape index (κ3) is 9.03. The first-order valence-corrected chi connectivity index (χ1v) is 6.15. The van der Waals surface area contributed by atoms with Crippen LogP contribution in [0.15, 0.2) is 0 Å². The third-order valence-electron chi connectivity index (χ3n) is 1.21. The van der Waals surface area contributed by atoms with Crippen molar-refractivity contribution in [3.05, 3.63) is 0 Å². The quantitative estimate of drug-likeness (QED) is 0.262. The van der Waals surface area contributed by atoms with E-state index in [0.29, 0.717) is 0 Å². The van der Waals surface area contributed by atoms with Gasteiger partial charge < -0.3 is 21.7 Å². The Morgan fingerprint density at radius 1 is 1.00 bits per heavy atom. The van der Waals surface area contributed by atoms with Gasteiger partial charge in [0.2, 0.25) is 0 Å². The van der Waals surface area contributed by atoms with E-state index in [1.54, 1.807) is 0 Å². The minimum absolute atomic E-state index is 0. The second kappa shape index (κ2) is 9.32. The van der Waals surface area contributed by atoms with Crippen molar-refractivity contribution in [2.45, 2.75) is 12.1 Å². The van der Waals surface area contributed by atoms with E-state index in [-0.39, 0.29) is 28.6 Å². The third-order valence-corrected chi connectivity index (χ3v) is 3.69. The zero-order chi connectivity index (χ0) is 11.1. The van der Waals surface area contributed by atoms with E-state index in [0.717, 1.165) is 0 Å². The SMILES string of the molecule is NC(CSSC[C@H](N)C(=O)O)C(=O)O.[Se]. The zero-order valence-electron chi connectivity index (χ0n) is 7.66. The summed E-state index contributed by atoms with van der Waals surface area (Å²) in [5.74, 6) is -1.68. The largest absolute Gasteiger partial charge is 0.480 e. The van der Waals surface area contributed by atoms with Gasteiger partial charge in [0.1, 0.15) is 12.1 Å². The van der Waals surface area contributed by atoms with E-state index in [1.165, 1.54) is 21.6 Å². The van der Waals surface area contributed by atoms with Gasteiger partial charge in [0.05, 0.1) is 0 Å². The normalized spacial score (nSPS) is 13.7. The smallest absolute Gasteiger partial charge is 0.321 e. The molecule has 0 heterocycles. The average molecular weight is 319 g/mol. The Morgan fingerprint density at radius 3 is 1.47 bits per heavy atom. The molecule has 0 spiro atoms. The van der Waals surface area contributed by atoms with Crippen LogP contribution in [0.25, 0.3) is 0 Å². The van der Waals surface area contributed by atoms with Crippen molar-refractivity contribution in [3.63, 3.8) is 0 Å². The predicted molar refractivity (Wildman–Crippen MR) is 61.9 cm³/mol. The number of carboxylic acid groups (broad SMARTS) is 2. The molecule has 0 aliphatic rings. The molecule has 0 aromatic rings. The second-order valence-corrected chi connectivity index (χ2v) is 5.01. The van der Waals surface area contributed by atoms with Gasteiger partial charge in [-0.3, -0.25) is 9.59 Å². The Balaban J connectivity index is 0. The molecule has 6 nitrogen and oxygen atoms in total. The molecule has 6 N–H and O–H groups in total. The molecule has 0 aromatic heterocycles. The van der Waals surface area contributed by atoms with Gasteiger partial charge in [-0.2, -0.15) is 0 Å². The summed E-state index contributed by atoms with van der Waals surface area (Å²) in [4.78, 5) is 20.5. The summed E-state index contributed by atoms with van der Waals surface area (Å²) in [6, 6.07) is -1.85. The predicted octanol–water partition coefficient (Wildman–Crippen LogP) is -1.19. The second-order valence-electron chi connectivity index (χ2n) is 2.46. The molecule has 0 aromatic carbocycles. The van der Waals surface area contributed by atoms with Crippen LogP contribution in [0.3, 0.4) is 0 Å². The fourth-order valence-corrected chi connectivity index (χ4v) is 2.61. The number of hydrogen-bond donors (Lipinski definition) is 4. The van der Waals surface area contributed by atoms with Crippen molar-refractivity contribution < 1.29 is 19.8 Å². The van der Waals surface area contributed by atoms with E-state index in [4.69, 9.17) is 21.7 Å². The van der Waals surface area contributed by atoms with Crippen molar-refractivity contribution >= 4 is 50.6 Å². The van der Waals surface area contributed by atoms with Crippen molar-refractivity contribution in [3.8, 4) is 0 Å². The summed E-state index contributed by atoms with van der Waals surface area (Å²) in [7, 11) is 2.41. The number of carboxylic acids is 2. The zero-order valence-corrected chi connectivity index (χ0v) is 11.0. The van der Waals surface area contributed by atoms with Crippen LogP contribution >= 0.6 is 21.6 Å².